The molecule has 0 aromatic heterocycles. The van der Waals surface area contributed by atoms with Gasteiger partial charge in [-0.05, 0) is 54.8 Å². The number of anilines is 1. The minimum Gasteiger partial charge on any atom is -0.481 e. The maximum atomic E-state index is 13.5. The monoisotopic (exact) mass is 396 g/mol. The average molecular weight is 396 g/mol. The van der Waals surface area contributed by atoms with Gasteiger partial charge in [-0.25, -0.2) is 4.39 Å². The number of amides is 2. The molecular formula is C22H21FN2O4. The van der Waals surface area contributed by atoms with E-state index in [1.165, 1.54) is 18.2 Å². The Morgan fingerprint density at radius 2 is 1.83 bits per heavy atom. The minimum absolute atomic E-state index is 0.139. The van der Waals surface area contributed by atoms with Crippen LogP contribution in [-0.4, -0.2) is 29.4 Å². The van der Waals surface area contributed by atoms with Crippen LogP contribution in [0.4, 0.5) is 10.1 Å². The number of hydrogen-bond acceptors (Lipinski definition) is 3. The Balaban J connectivity index is 1.59. The second-order valence-corrected chi connectivity index (χ2v) is 6.78. The molecule has 3 rings (SSSR count). The van der Waals surface area contributed by atoms with E-state index in [-0.39, 0.29) is 18.2 Å². The number of rotatable bonds is 8. The SMILES string of the molecule is O=C(O)CCCCCNC(=O)c1ccc(/C=C2\C(=O)Nc3ccc(F)cc32)cc1. The zero-order valence-corrected chi connectivity index (χ0v) is 15.7. The number of fused-ring (bicyclic) bond motifs is 1. The number of unbranched alkanes of at least 4 members (excludes halogenated alkanes) is 2. The zero-order chi connectivity index (χ0) is 20.8. The fraction of sp³-hybridized carbons (Fsp3) is 0.227. The Hall–Kier alpha value is -3.48. The predicted octanol–water partition coefficient (Wildman–Crippen LogP) is 3.69. The van der Waals surface area contributed by atoms with Gasteiger partial charge in [0.2, 0.25) is 0 Å². The molecule has 0 bridgehead atoms. The molecule has 150 valence electrons. The molecule has 0 saturated carbocycles. The summed E-state index contributed by atoms with van der Waals surface area (Å²) in [5.74, 6) is -1.74. The lowest BCUT2D eigenvalue weighted by atomic mass is 10.0. The van der Waals surface area contributed by atoms with E-state index in [1.807, 2.05) is 0 Å². The summed E-state index contributed by atoms with van der Waals surface area (Å²) in [6.07, 6.45) is 3.84. The van der Waals surface area contributed by atoms with Gasteiger partial charge in [-0.15, -0.1) is 0 Å². The Morgan fingerprint density at radius 1 is 1.07 bits per heavy atom. The Bertz CT molecular complexity index is 967. The highest BCUT2D eigenvalue weighted by atomic mass is 19.1. The van der Waals surface area contributed by atoms with Gasteiger partial charge in [-0.1, -0.05) is 18.6 Å². The number of carboxylic acid groups (broad SMARTS) is 1. The van der Waals surface area contributed by atoms with Gasteiger partial charge in [-0.3, -0.25) is 14.4 Å². The molecule has 2 aromatic rings. The third-order valence-corrected chi connectivity index (χ3v) is 4.60. The van der Waals surface area contributed by atoms with Crippen LogP contribution in [0.25, 0.3) is 11.6 Å². The molecule has 1 aliphatic heterocycles. The van der Waals surface area contributed by atoms with E-state index in [0.29, 0.717) is 41.8 Å². The smallest absolute Gasteiger partial charge is 0.303 e. The molecule has 0 radical (unpaired) electrons. The van der Waals surface area contributed by atoms with Gasteiger partial charge in [0.1, 0.15) is 5.82 Å². The number of benzene rings is 2. The van der Waals surface area contributed by atoms with Crippen molar-refractivity contribution in [2.24, 2.45) is 0 Å². The summed E-state index contributed by atoms with van der Waals surface area (Å²) in [6.45, 7) is 0.479. The number of aliphatic carboxylic acids is 1. The van der Waals surface area contributed by atoms with Crippen molar-refractivity contribution >= 4 is 35.1 Å². The highest BCUT2D eigenvalue weighted by Gasteiger charge is 2.24. The fourth-order valence-corrected chi connectivity index (χ4v) is 3.08. The molecule has 0 fully saturated rings. The number of hydrogen-bond donors (Lipinski definition) is 3. The summed E-state index contributed by atoms with van der Waals surface area (Å²) in [4.78, 5) is 34.8. The van der Waals surface area contributed by atoms with E-state index in [4.69, 9.17) is 5.11 Å². The van der Waals surface area contributed by atoms with Crippen LogP contribution < -0.4 is 10.6 Å². The van der Waals surface area contributed by atoms with Crippen molar-refractivity contribution in [3.63, 3.8) is 0 Å². The van der Waals surface area contributed by atoms with Gasteiger partial charge in [0.05, 0.1) is 0 Å². The van der Waals surface area contributed by atoms with Crippen molar-refractivity contribution in [3.05, 3.63) is 65.0 Å². The standard InChI is InChI=1S/C22H21FN2O4/c23-16-9-10-19-17(13-16)18(22(29)25-19)12-14-5-7-15(8-6-14)21(28)24-11-3-1-2-4-20(26)27/h5-10,12-13H,1-4,11H2,(H,24,28)(H,25,29)(H,26,27)/b18-12-. The first-order valence-electron chi connectivity index (χ1n) is 9.37. The molecule has 7 heteroatoms. The first-order chi connectivity index (χ1) is 13.9. The molecule has 2 amide bonds. The van der Waals surface area contributed by atoms with Crippen LogP contribution >= 0.6 is 0 Å². The molecule has 1 aliphatic rings. The molecule has 0 unspecified atom stereocenters. The first-order valence-corrected chi connectivity index (χ1v) is 9.37. The van der Waals surface area contributed by atoms with Gasteiger partial charge in [-0.2, -0.15) is 0 Å². The van der Waals surface area contributed by atoms with Crippen molar-refractivity contribution in [3.8, 4) is 0 Å². The van der Waals surface area contributed by atoms with Crippen LogP contribution in [-0.2, 0) is 9.59 Å². The Morgan fingerprint density at radius 3 is 2.55 bits per heavy atom. The predicted molar refractivity (Wildman–Crippen MR) is 108 cm³/mol. The fourth-order valence-electron chi connectivity index (χ4n) is 3.08. The molecule has 6 nitrogen and oxygen atoms in total. The number of carbonyl (C=O) groups is 3. The molecule has 0 aliphatic carbocycles. The van der Waals surface area contributed by atoms with Gasteiger partial charge >= 0.3 is 5.97 Å². The molecular weight excluding hydrogens is 375 g/mol. The summed E-state index contributed by atoms with van der Waals surface area (Å²) in [5, 5.41) is 14.1. The molecule has 1 heterocycles. The molecule has 2 aromatic carbocycles. The second-order valence-electron chi connectivity index (χ2n) is 6.78. The van der Waals surface area contributed by atoms with E-state index < -0.39 is 11.8 Å². The van der Waals surface area contributed by atoms with E-state index in [1.54, 1.807) is 30.3 Å². The first kappa shape index (κ1) is 20.3. The van der Waals surface area contributed by atoms with Crippen LogP contribution in [0, 0.1) is 5.82 Å². The lowest BCUT2D eigenvalue weighted by molar-refractivity contribution is -0.137. The third-order valence-electron chi connectivity index (χ3n) is 4.60. The van der Waals surface area contributed by atoms with Crippen LogP contribution in [0.15, 0.2) is 42.5 Å². The summed E-state index contributed by atoms with van der Waals surface area (Å²) in [7, 11) is 0. The maximum Gasteiger partial charge on any atom is 0.303 e. The largest absolute Gasteiger partial charge is 0.481 e. The average Bonchev–Trinajstić information content (AvgIpc) is 2.99. The summed E-state index contributed by atoms with van der Waals surface area (Å²) >= 11 is 0. The third kappa shape index (κ3) is 5.28. The van der Waals surface area contributed by atoms with E-state index in [2.05, 4.69) is 10.6 Å². The van der Waals surface area contributed by atoms with Crippen molar-refractivity contribution in [1.82, 2.24) is 5.32 Å². The number of halogens is 1. The number of carbonyl (C=O) groups excluding carboxylic acids is 2. The van der Waals surface area contributed by atoms with Crippen LogP contribution in [0.5, 0.6) is 0 Å². The lowest BCUT2D eigenvalue weighted by Gasteiger charge is -2.06. The summed E-state index contributed by atoms with van der Waals surface area (Å²) in [6, 6.07) is 10.9. The quantitative estimate of drug-likeness (QED) is 0.468. The Labute approximate surface area is 167 Å². The minimum atomic E-state index is -0.812. The number of nitrogens with one attached hydrogen (secondary N) is 2. The van der Waals surface area contributed by atoms with Crippen LogP contribution in [0.2, 0.25) is 0 Å². The van der Waals surface area contributed by atoms with Crippen molar-refractivity contribution in [2.45, 2.75) is 25.7 Å². The Kier molecular flexibility index (Phi) is 6.39. The highest BCUT2D eigenvalue weighted by Crippen LogP contribution is 2.33. The van der Waals surface area contributed by atoms with Crippen molar-refractivity contribution in [1.29, 1.82) is 0 Å². The normalized spacial score (nSPS) is 13.8. The topological polar surface area (TPSA) is 95.5 Å². The van der Waals surface area contributed by atoms with Gasteiger partial charge in [0.15, 0.2) is 0 Å². The van der Waals surface area contributed by atoms with Crippen LogP contribution in [0.1, 0.15) is 47.2 Å². The van der Waals surface area contributed by atoms with E-state index in [0.717, 1.165) is 12.0 Å². The summed E-state index contributed by atoms with van der Waals surface area (Å²) < 4.78 is 13.5. The van der Waals surface area contributed by atoms with Crippen LogP contribution in [0.3, 0.4) is 0 Å². The molecule has 0 saturated heterocycles. The van der Waals surface area contributed by atoms with E-state index >= 15 is 0 Å². The zero-order valence-electron chi connectivity index (χ0n) is 15.7. The van der Waals surface area contributed by atoms with E-state index in [9.17, 15) is 18.8 Å². The molecule has 0 atom stereocenters. The van der Waals surface area contributed by atoms with Gasteiger partial charge in [0.25, 0.3) is 11.8 Å². The van der Waals surface area contributed by atoms with Gasteiger partial charge < -0.3 is 15.7 Å². The number of carboxylic acids is 1. The molecule has 29 heavy (non-hydrogen) atoms. The second kappa shape index (κ2) is 9.14. The lowest BCUT2D eigenvalue weighted by Crippen LogP contribution is -2.24. The highest BCUT2D eigenvalue weighted by molar-refractivity contribution is 6.34. The van der Waals surface area contributed by atoms with Crippen molar-refractivity contribution in [2.75, 3.05) is 11.9 Å². The molecule has 3 N–H and O–H groups in total. The van der Waals surface area contributed by atoms with Gasteiger partial charge in [0, 0.05) is 35.4 Å². The maximum absolute atomic E-state index is 13.5. The molecule has 0 spiro atoms. The summed E-state index contributed by atoms with van der Waals surface area (Å²) in [5.41, 5.74) is 2.66. The van der Waals surface area contributed by atoms with Crippen molar-refractivity contribution < 1.29 is 23.9 Å².